The van der Waals surface area contributed by atoms with Crippen LogP contribution >= 0.6 is 11.3 Å². The molecule has 1 rings (SSSR count). The predicted octanol–water partition coefficient (Wildman–Crippen LogP) is -1.99. The van der Waals surface area contributed by atoms with Gasteiger partial charge in [-0.3, -0.25) is 9.00 Å². The summed E-state index contributed by atoms with van der Waals surface area (Å²) < 4.78 is 34.5. The van der Waals surface area contributed by atoms with Gasteiger partial charge in [0, 0.05) is 28.4 Å². The summed E-state index contributed by atoms with van der Waals surface area (Å²) in [4.78, 5) is 19.0. The Balaban J connectivity index is 2.46. The number of nitrogens with two attached hydrogens (primary N) is 3. The van der Waals surface area contributed by atoms with Gasteiger partial charge in [-0.1, -0.05) is 0 Å². The summed E-state index contributed by atoms with van der Waals surface area (Å²) in [6.45, 7) is 0. The third-order valence-corrected chi connectivity index (χ3v) is 4.46. The summed E-state index contributed by atoms with van der Waals surface area (Å²) in [6.07, 6.45) is -0.228. The fourth-order valence-electron chi connectivity index (χ4n) is 1.18. The van der Waals surface area contributed by atoms with Gasteiger partial charge < -0.3 is 11.5 Å². The number of thiazole rings is 1. The Kier molecular flexibility index (Phi) is 6.19. The van der Waals surface area contributed by atoms with E-state index in [0.29, 0.717) is 10.8 Å². The van der Waals surface area contributed by atoms with Crippen molar-refractivity contribution in [3.8, 4) is 0 Å². The summed E-state index contributed by atoms with van der Waals surface area (Å²) in [6, 6.07) is 0. The number of aliphatic imine (C=N–C) groups is 1. The van der Waals surface area contributed by atoms with E-state index in [0.717, 1.165) is 0 Å². The maximum absolute atomic E-state index is 11.7. The Labute approximate surface area is 127 Å². The van der Waals surface area contributed by atoms with Crippen LogP contribution in [0, 0.1) is 0 Å². The maximum atomic E-state index is 11.7. The molecule has 1 atom stereocenters. The van der Waals surface area contributed by atoms with Crippen molar-refractivity contribution in [3.05, 3.63) is 11.1 Å². The minimum Gasteiger partial charge on any atom is -0.370 e. The number of amides is 1. The molecule has 21 heavy (non-hydrogen) atoms. The molecule has 0 radical (unpaired) electrons. The monoisotopic (exact) mass is 354 g/mol. The van der Waals surface area contributed by atoms with Gasteiger partial charge in [0.2, 0.25) is 11.0 Å². The molecule has 1 aromatic rings. The molecule has 13 heteroatoms. The highest BCUT2D eigenvalue weighted by atomic mass is 32.2. The number of guanidine groups is 1. The average Bonchev–Trinajstić information content (AvgIpc) is 2.70. The largest absolute Gasteiger partial charge is 0.370 e. The quantitative estimate of drug-likeness (QED) is 0.322. The first-order valence-corrected chi connectivity index (χ1v) is 9.29. The molecular formula is C8H14N6O4S3. The molecule has 0 saturated carbocycles. The van der Waals surface area contributed by atoms with Gasteiger partial charge >= 0.3 is 0 Å². The molecule has 0 spiro atoms. The average molecular weight is 354 g/mol. The van der Waals surface area contributed by atoms with Gasteiger partial charge in [0.15, 0.2) is 5.96 Å². The highest BCUT2D eigenvalue weighted by Gasteiger charge is 2.12. The standard InChI is InChI=1S/C8H14N6O4S3/c9-7(10)13-8-12-5(3-19-8)4-20(16)2-1-6(15)14-21(11,17)18/h3H,1-2,4H2,(H,14,15)(H2,11,17,18)(H4,9,10,12,13)/t20-/m1/s1. The Morgan fingerprint density at radius 2 is 2.14 bits per heavy atom. The van der Waals surface area contributed by atoms with Crippen molar-refractivity contribution in [1.29, 1.82) is 0 Å². The van der Waals surface area contributed by atoms with Crippen LogP contribution in [-0.4, -0.2) is 35.2 Å². The van der Waals surface area contributed by atoms with Gasteiger partial charge in [0.25, 0.3) is 10.2 Å². The molecular weight excluding hydrogens is 340 g/mol. The summed E-state index contributed by atoms with van der Waals surface area (Å²) in [7, 11) is -5.47. The second-order valence-electron chi connectivity index (χ2n) is 3.77. The molecule has 0 aliphatic heterocycles. The van der Waals surface area contributed by atoms with Crippen LogP contribution in [0.2, 0.25) is 0 Å². The van der Waals surface area contributed by atoms with E-state index in [2.05, 4.69) is 15.1 Å². The highest BCUT2D eigenvalue weighted by molar-refractivity contribution is 7.87. The van der Waals surface area contributed by atoms with Crippen LogP contribution in [0.1, 0.15) is 12.1 Å². The Bertz CT molecular complexity index is 663. The van der Waals surface area contributed by atoms with E-state index >= 15 is 0 Å². The molecule has 7 N–H and O–H groups in total. The van der Waals surface area contributed by atoms with Crippen LogP contribution in [-0.2, 0) is 31.6 Å². The lowest BCUT2D eigenvalue weighted by Gasteiger charge is -2.02. The highest BCUT2D eigenvalue weighted by Crippen LogP contribution is 2.19. The number of hydrogen-bond acceptors (Lipinski definition) is 7. The molecule has 0 aliphatic rings. The van der Waals surface area contributed by atoms with Gasteiger partial charge in [-0.05, 0) is 0 Å². The number of rotatable bonds is 7. The predicted molar refractivity (Wildman–Crippen MR) is 80.2 cm³/mol. The Hall–Kier alpha value is -1.57. The number of aromatic nitrogens is 1. The van der Waals surface area contributed by atoms with Crippen LogP contribution in [0.5, 0.6) is 0 Å². The lowest BCUT2D eigenvalue weighted by atomic mass is 10.5. The molecule has 0 aromatic carbocycles. The van der Waals surface area contributed by atoms with Crippen LogP contribution in [0.3, 0.4) is 0 Å². The zero-order chi connectivity index (χ0) is 16.0. The van der Waals surface area contributed by atoms with E-state index in [1.165, 1.54) is 11.3 Å². The molecule has 0 bridgehead atoms. The molecule has 1 amide bonds. The summed E-state index contributed by atoms with van der Waals surface area (Å²) in [5.41, 5.74) is 10.9. The van der Waals surface area contributed by atoms with E-state index in [1.807, 2.05) is 0 Å². The number of carbonyl (C=O) groups is 1. The van der Waals surface area contributed by atoms with E-state index in [4.69, 9.17) is 11.5 Å². The smallest absolute Gasteiger partial charge is 0.298 e. The summed E-state index contributed by atoms with van der Waals surface area (Å²) in [5, 5.41) is 6.62. The summed E-state index contributed by atoms with van der Waals surface area (Å²) in [5.74, 6) is -0.850. The topological polar surface area (TPSA) is 184 Å². The fourth-order valence-corrected chi connectivity index (χ4v) is 3.44. The van der Waals surface area contributed by atoms with Crippen LogP contribution in [0.15, 0.2) is 10.4 Å². The Morgan fingerprint density at radius 3 is 2.71 bits per heavy atom. The van der Waals surface area contributed by atoms with Crippen molar-refractivity contribution in [3.63, 3.8) is 0 Å². The molecule has 0 aliphatic carbocycles. The fraction of sp³-hybridized carbons (Fsp3) is 0.375. The number of nitrogens with zero attached hydrogens (tertiary/aromatic N) is 2. The van der Waals surface area contributed by atoms with Gasteiger partial charge in [-0.25, -0.2) is 14.8 Å². The first-order chi connectivity index (χ1) is 9.65. The van der Waals surface area contributed by atoms with Gasteiger partial charge in [0.05, 0.1) is 11.4 Å². The SMILES string of the molecule is NC(N)=Nc1nc(C[S@](=O)CCC(=O)NS(N)(=O)=O)cs1. The molecule has 0 unspecified atom stereocenters. The molecule has 0 fully saturated rings. The van der Waals surface area contributed by atoms with Gasteiger partial charge in [0.1, 0.15) is 0 Å². The second-order valence-corrected chi connectivity index (χ2v) is 7.47. The van der Waals surface area contributed by atoms with Gasteiger partial charge in [-0.15, -0.1) is 11.3 Å². The van der Waals surface area contributed by atoms with E-state index in [9.17, 15) is 17.4 Å². The number of carbonyl (C=O) groups excluding carboxylic acids is 1. The third kappa shape index (κ3) is 7.69. The van der Waals surface area contributed by atoms with Crippen molar-refractivity contribution < 1.29 is 17.4 Å². The Morgan fingerprint density at radius 1 is 1.48 bits per heavy atom. The zero-order valence-corrected chi connectivity index (χ0v) is 13.1. The first-order valence-electron chi connectivity index (χ1n) is 5.38. The lowest BCUT2D eigenvalue weighted by molar-refractivity contribution is -0.118. The normalized spacial score (nSPS) is 12.6. The van der Waals surface area contributed by atoms with E-state index in [-0.39, 0.29) is 23.9 Å². The summed E-state index contributed by atoms with van der Waals surface area (Å²) >= 11 is 1.18. The van der Waals surface area contributed by atoms with E-state index < -0.39 is 26.9 Å². The maximum Gasteiger partial charge on any atom is 0.298 e. The molecule has 1 aromatic heterocycles. The third-order valence-electron chi connectivity index (χ3n) is 1.89. The van der Waals surface area contributed by atoms with Crippen molar-refractivity contribution in [1.82, 2.24) is 9.71 Å². The molecule has 1 heterocycles. The lowest BCUT2D eigenvalue weighted by Crippen LogP contribution is -2.36. The first kappa shape index (κ1) is 17.5. The molecule has 118 valence electrons. The molecule has 10 nitrogen and oxygen atoms in total. The number of nitrogens with one attached hydrogen (secondary N) is 1. The minimum atomic E-state index is -4.09. The van der Waals surface area contributed by atoms with Crippen molar-refractivity contribution in [2.75, 3.05) is 5.75 Å². The molecule has 0 saturated heterocycles. The van der Waals surface area contributed by atoms with Crippen molar-refractivity contribution in [2.24, 2.45) is 21.6 Å². The van der Waals surface area contributed by atoms with Crippen LogP contribution in [0.25, 0.3) is 0 Å². The van der Waals surface area contributed by atoms with E-state index in [1.54, 1.807) is 10.1 Å². The minimum absolute atomic E-state index is 0.0174. The van der Waals surface area contributed by atoms with Gasteiger partial charge in [-0.2, -0.15) is 13.4 Å². The zero-order valence-electron chi connectivity index (χ0n) is 10.7. The van der Waals surface area contributed by atoms with Crippen molar-refractivity contribution >= 4 is 49.3 Å². The van der Waals surface area contributed by atoms with Crippen molar-refractivity contribution in [2.45, 2.75) is 12.2 Å². The van der Waals surface area contributed by atoms with Crippen LogP contribution < -0.4 is 21.3 Å². The van der Waals surface area contributed by atoms with Crippen LogP contribution in [0.4, 0.5) is 5.13 Å². The number of hydrogen-bond donors (Lipinski definition) is 4. The second kappa shape index (κ2) is 7.44.